The molecule has 0 spiro atoms. The molecule has 1 atom stereocenters. The van der Waals surface area contributed by atoms with Gasteiger partial charge in [-0.1, -0.05) is 19.1 Å². The molecule has 1 aliphatic rings. The van der Waals surface area contributed by atoms with E-state index >= 15 is 0 Å². The number of furan rings is 1. The van der Waals surface area contributed by atoms with Crippen molar-refractivity contribution in [2.45, 2.75) is 26.2 Å². The number of thiophene rings is 1. The van der Waals surface area contributed by atoms with E-state index in [-0.39, 0.29) is 5.76 Å². The van der Waals surface area contributed by atoms with Crippen molar-refractivity contribution < 1.29 is 18.7 Å². The summed E-state index contributed by atoms with van der Waals surface area (Å²) in [6, 6.07) is 10.8. The smallest absolute Gasteiger partial charge is 0.348 e. The topological polar surface area (TPSA) is 92.3 Å². The van der Waals surface area contributed by atoms with E-state index in [9.17, 15) is 14.9 Å². The molecule has 0 fully saturated rings. The molecule has 1 aliphatic carbocycles. The Hall–Kier alpha value is -3.11. The number of benzene rings is 1. The van der Waals surface area contributed by atoms with Crippen LogP contribution in [0.4, 0.5) is 5.69 Å². The molecule has 0 aliphatic heterocycles. The predicted octanol–water partition coefficient (Wildman–Crippen LogP) is 4.29. The van der Waals surface area contributed by atoms with Crippen LogP contribution in [0.1, 0.15) is 39.2 Å². The molecule has 1 amide bonds. The van der Waals surface area contributed by atoms with E-state index in [2.05, 4.69) is 12.2 Å². The number of carbonyl (C=O) groups excluding carboxylic acids is 2. The molecule has 0 unspecified atom stereocenters. The number of aryl methyl sites for hydroxylation is 1. The van der Waals surface area contributed by atoms with Crippen LogP contribution in [-0.2, 0) is 22.4 Å². The molecule has 0 radical (unpaired) electrons. The highest BCUT2D eigenvalue weighted by atomic mass is 32.1. The van der Waals surface area contributed by atoms with Crippen molar-refractivity contribution in [1.29, 1.82) is 5.26 Å². The molecule has 28 heavy (non-hydrogen) atoms. The summed E-state index contributed by atoms with van der Waals surface area (Å²) in [4.78, 5) is 26.3. The van der Waals surface area contributed by atoms with Crippen LogP contribution < -0.4 is 5.32 Å². The molecule has 0 saturated heterocycles. The average Bonchev–Trinajstić information content (AvgIpc) is 3.27. The number of nitriles is 1. The second-order valence-corrected chi connectivity index (χ2v) is 8.08. The van der Waals surface area contributed by atoms with Gasteiger partial charge in [-0.2, -0.15) is 5.26 Å². The summed E-state index contributed by atoms with van der Waals surface area (Å²) >= 11 is 1.45. The third-order valence-electron chi connectivity index (χ3n) is 4.83. The lowest BCUT2D eigenvalue weighted by molar-refractivity contribution is -0.119. The van der Waals surface area contributed by atoms with Crippen LogP contribution in [0.25, 0.3) is 11.0 Å². The fourth-order valence-corrected chi connectivity index (χ4v) is 4.53. The van der Waals surface area contributed by atoms with Gasteiger partial charge in [0.25, 0.3) is 5.91 Å². The molecule has 1 aromatic carbocycles. The summed E-state index contributed by atoms with van der Waals surface area (Å²) in [6.07, 6.45) is 3.09. The second kappa shape index (κ2) is 7.49. The number of carbonyl (C=O) groups is 2. The number of amides is 1. The number of hydrogen-bond donors (Lipinski definition) is 1. The van der Waals surface area contributed by atoms with Gasteiger partial charge in [-0.3, -0.25) is 4.79 Å². The molecular formula is C21H18N2O4S. The van der Waals surface area contributed by atoms with E-state index in [1.165, 1.54) is 21.8 Å². The Morgan fingerprint density at radius 2 is 2.21 bits per heavy atom. The zero-order valence-corrected chi connectivity index (χ0v) is 16.1. The van der Waals surface area contributed by atoms with Crippen LogP contribution in [0.2, 0.25) is 0 Å². The van der Waals surface area contributed by atoms with Gasteiger partial charge in [0.05, 0.1) is 0 Å². The minimum absolute atomic E-state index is 0.0147. The molecule has 7 heteroatoms. The maximum Gasteiger partial charge on any atom is 0.348 e. The van der Waals surface area contributed by atoms with Crippen molar-refractivity contribution in [2.24, 2.45) is 5.92 Å². The number of anilines is 1. The van der Waals surface area contributed by atoms with Crippen LogP contribution in [0, 0.1) is 17.2 Å². The van der Waals surface area contributed by atoms with Crippen LogP contribution in [0.15, 0.2) is 34.7 Å². The first kappa shape index (κ1) is 18.3. The maximum absolute atomic E-state index is 12.3. The first-order valence-electron chi connectivity index (χ1n) is 9.05. The van der Waals surface area contributed by atoms with Gasteiger partial charge in [-0.05, 0) is 48.9 Å². The van der Waals surface area contributed by atoms with E-state index < -0.39 is 18.5 Å². The van der Waals surface area contributed by atoms with Crippen molar-refractivity contribution in [1.82, 2.24) is 0 Å². The molecule has 1 N–H and O–H groups in total. The fraction of sp³-hybridized carbons (Fsp3) is 0.286. The largest absolute Gasteiger partial charge is 0.451 e. The molecule has 142 valence electrons. The molecule has 0 saturated carbocycles. The van der Waals surface area contributed by atoms with Crippen molar-refractivity contribution in [3.05, 3.63) is 51.4 Å². The number of nitrogens with zero attached hydrogens (tertiary/aromatic N) is 1. The van der Waals surface area contributed by atoms with Gasteiger partial charge in [-0.25, -0.2) is 4.79 Å². The first-order chi connectivity index (χ1) is 13.5. The number of nitrogens with one attached hydrogen (secondary N) is 1. The van der Waals surface area contributed by atoms with Crippen LogP contribution >= 0.6 is 11.3 Å². The van der Waals surface area contributed by atoms with Gasteiger partial charge in [0, 0.05) is 10.3 Å². The number of hydrogen-bond acceptors (Lipinski definition) is 6. The second-order valence-electron chi connectivity index (χ2n) is 6.95. The normalized spacial score (nSPS) is 15.6. The highest BCUT2D eigenvalue weighted by Gasteiger charge is 2.22. The quantitative estimate of drug-likeness (QED) is 0.667. The zero-order chi connectivity index (χ0) is 19.7. The van der Waals surface area contributed by atoms with Crippen molar-refractivity contribution in [3.63, 3.8) is 0 Å². The van der Waals surface area contributed by atoms with Crippen LogP contribution in [0.5, 0.6) is 0 Å². The Labute approximate surface area is 165 Å². The SMILES string of the molecule is C[C@H]1CCc2sc(C(=O)OCC(=O)Nc3c(C#N)oc4ccccc34)cc2C1. The van der Waals surface area contributed by atoms with Crippen molar-refractivity contribution in [2.75, 3.05) is 11.9 Å². The summed E-state index contributed by atoms with van der Waals surface area (Å²) in [5, 5.41) is 12.5. The number of fused-ring (bicyclic) bond motifs is 2. The summed E-state index contributed by atoms with van der Waals surface area (Å²) in [5.74, 6) is -0.386. The lowest BCUT2D eigenvalue weighted by Gasteiger charge is -2.16. The van der Waals surface area contributed by atoms with Gasteiger partial charge >= 0.3 is 5.97 Å². The summed E-state index contributed by atoms with van der Waals surface area (Å²) in [5.41, 5.74) is 2.01. The minimum atomic E-state index is -0.522. The Balaban J connectivity index is 1.41. The number of rotatable bonds is 4. The highest BCUT2D eigenvalue weighted by Crippen LogP contribution is 2.33. The zero-order valence-electron chi connectivity index (χ0n) is 15.3. The Morgan fingerprint density at radius 1 is 1.39 bits per heavy atom. The molecule has 3 aromatic rings. The van der Waals surface area contributed by atoms with E-state index in [0.29, 0.717) is 27.5 Å². The average molecular weight is 394 g/mol. The maximum atomic E-state index is 12.3. The van der Waals surface area contributed by atoms with Gasteiger partial charge < -0.3 is 14.5 Å². The number of esters is 1. The molecule has 2 aromatic heterocycles. The van der Waals surface area contributed by atoms with Gasteiger partial charge in [0.2, 0.25) is 5.76 Å². The van der Waals surface area contributed by atoms with Gasteiger partial charge in [0.1, 0.15) is 22.2 Å². The lowest BCUT2D eigenvalue weighted by Crippen LogP contribution is -2.20. The van der Waals surface area contributed by atoms with Crippen molar-refractivity contribution >= 4 is 39.9 Å². The Bertz CT molecular complexity index is 1110. The van der Waals surface area contributed by atoms with E-state index in [0.717, 1.165) is 19.3 Å². The van der Waals surface area contributed by atoms with Gasteiger partial charge in [-0.15, -0.1) is 11.3 Å². The minimum Gasteiger partial charge on any atom is -0.451 e. The van der Waals surface area contributed by atoms with E-state index in [1.807, 2.05) is 12.1 Å². The molecule has 2 heterocycles. The Morgan fingerprint density at radius 3 is 3.04 bits per heavy atom. The third kappa shape index (κ3) is 3.51. The summed E-state index contributed by atoms with van der Waals surface area (Å²) in [7, 11) is 0. The standard InChI is InChI=1S/C21H18N2O4S/c1-12-6-7-17-13(8-12)9-18(28-17)21(25)26-11-19(24)23-20-14-4-2-3-5-15(14)27-16(20)10-22/h2-5,9,12H,6-8,11H2,1H3,(H,23,24)/t12-/m0/s1. The number of ether oxygens (including phenoxy) is 1. The number of para-hydroxylation sites is 1. The third-order valence-corrected chi connectivity index (χ3v) is 6.04. The van der Waals surface area contributed by atoms with Crippen molar-refractivity contribution in [3.8, 4) is 6.07 Å². The van der Waals surface area contributed by atoms with Crippen LogP contribution in [0.3, 0.4) is 0 Å². The van der Waals surface area contributed by atoms with Crippen LogP contribution in [-0.4, -0.2) is 18.5 Å². The lowest BCUT2D eigenvalue weighted by atomic mass is 9.90. The first-order valence-corrected chi connectivity index (χ1v) is 9.87. The Kier molecular flexibility index (Phi) is 4.88. The summed E-state index contributed by atoms with van der Waals surface area (Å²) < 4.78 is 10.6. The summed E-state index contributed by atoms with van der Waals surface area (Å²) in [6.45, 7) is 1.78. The molecule has 6 nitrogen and oxygen atoms in total. The highest BCUT2D eigenvalue weighted by molar-refractivity contribution is 7.14. The fourth-order valence-electron chi connectivity index (χ4n) is 3.43. The molecule has 0 bridgehead atoms. The van der Waals surface area contributed by atoms with E-state index in [1.54, 1.807) is 24.3 Å². The monoisotopic (exact) mass is 394 g/mol. The molecular weight excluding hydrogens is 376 g/mol. The predicted molar refractivity (Wildman–Crippen MR) is 105 cm³/mol. The van der Waals surface area contributed by atoms with Gasteiger partial charge in [0.15, 0.2) is 6.61 Å². The van der Waals surface area contributed by atoms with E-state index in [4.69, 9.17) is 9.15 Å². The molecule has 4 rings (SSSR count).